The highest BCUT2D eigenvalue weighted by Gasteiger charge is 2.46. The van der Waals surface area contributed by atoms with Gasteiger partial charge in [-0.2, -0.15) is 0 Å². The zero-order valence-electron chi connectivity index (χ0n) is 6.55. The summed E-state index contributed by atoms with van der Waals surface area (Å²) in [5.41, 5.74) is 0.0469. The molecule has 0 aromatic heterocycles. The highest BCUT2D eigenvalue weighted by atomic mass is 79.9. The lowest BCUT2D eigenvalue weighted by atomic mass is 10.1. The van der Waals surface area contributed by atoms with Crippen molar-refractivity contribution in [2.45, 2.75) is 5.37 Å². The molecule has 0 aromatic carbocycles. The lowest BCUT2D eigenvalue weighted by molar-refractivity contribution is -0.430. The van der Waals surface area contributed by atoms with Crippen LogP contribution < -0.4 is 0 Å². The van der Waals surface area contributed by atoms with E-state index in [1.807, 2.05) is 0 Å². The van der Waals surface area contributed by atoms with Crippen LogP contribution in [0.5, 0.6) is 0 Å². The Morgan fingerprint density at radius 1 is 1.71 bits per heavy atom. The van der Waals surface area contributed by atoms with Crippen LogP contribution in [0.25, 0.3) is 0 Å². The monoisotopic (exact) mass is 295 g/mol. The molecule has 0 aromatic rings. The number of thioether (sulfide) groups is 1. The molecule has 0 spiro atoms. The molecule has 0 saturated heterocycles. The highest BCUT2D eigenvalue weighted by molar-refractivity contribution is 9.14. The van der Waals surface area contributed by atoms with Crippen LogP contribution in [0.1, 0.15) is 0 Å². The quantitative estimate of drug-likeness (QED) is 0.550. The third-order valence-electron chi connectivity index (χ3n) is 1.85. The second kappa shape index (κ2) is 3.63. The Morgan fingerprint density at radius 3 is 3.07 bits per heavy atom. The number of rotatable bonds is 1. The van der Waals surface area contributed by atoms with Crippen LogP contribution in [0.2, 0.25) is 0 Å². The van der Waals surface area contributed by atoms with Crippen LogP contribution in [0.4, 0.5) is 0 Å². The molecule has 0 bridgehead atoms. The lowest BCUT2D eigenvalue weighted by Crippen LogP contribution is -2.25. The van der Waals surface area contributed by atoms with Gasteiger partial charge in [0.25, 0.3) is 5.70 Å². The van der Waals surface area contributed by atoms with E-state index in [1.165, 1.54) is 18.1 Å². The van der Waals surface area contributed by atoms with E-state index in [0.717, 1.165) is 0 Å². The molecule has 2 heterocycles. The Labute approximate surface area is 96.6 Å². The van der Waals surface area contributed by atoms with E-state index in [4.69, 9.17) is 11.6 Å². The minimum Gasteiger partial charge on any atom is -0.259 e. The van der Waals surface area contributed by atoms with Gasteiger partial charge in [-0.05, 0) is 15.9 Å². The first kappa shape index (κ1) is 10.1. The van der Waals surface area contributed by atoms with Gasteiger partial charge in [-0.15, -0.1) is 0 Å². The molecule has 74 valence electrons. The molecule has 5 nitrogen and oxygen atoms in total. The number of fused-ring (bicyclic) bond motifs is 1. The average molecular weight is 297 g/mol. The molecule has 0 radical (unpaired) electrons. The standard InChI is InChI=1S/C6H3BrClN3O2S/c7-4-3(11(12)13)2-5(8)9-1-10-6(2)14-4/h1-2,6H. The van der Waals surface area contributed by atoms with Gasteiger partial charge in [-0.3, -0.25) is 15.1 Å². The maximum Gasteiger partial charge on any atom is 0.279 e. The maximum absolute atomic E-state index is 10.8. The van der Waals surface area contributed by atoms with Crippen molar-refractivity contribution in [3.8, 4) is 0 Å². The summed E-state index contributed by atoms with van der Waals surface area (Å²) >= 11 is 10.2. The fourth-order valence-electron chi connectivity index (χ4n) is 1.26. The van der Waals surface area contributed by atoms with Gasteiger partial charge < -0.3 is 0 Å². The Bertz CT molecular complexity index is 395. The van der Waals surface area contributed by atoms with Crippen molar-refractivity contribution in [3.05, 3.63) is 19.6 Å². The molecule has 2 unspecified atom stereocenters. The lowest BCUT2D eigenvalue weighted by Gasteiger charge is -2.14. The molecule has 0 aliphatic carbocycles. The third-order valence-corrected chi connectivity index (χ3v) is 4.20. The van der Waals surface area contributed by atoms with Crippen molar-refractivity contribution in [2.24, 2.45) is 15.9 Å². The van der Waals surface area contributed by atoms with Gasteiger partial charge in [0.05, 0.1) is 4.92 Å². The first-order valence-electron chi connectivity index (χ1n) is 3.57. The third kappa shape index (κ3) is 1.49. The molecule has 2 aliphatic heterocycles. The smallest absolute Gasteiger partial charge is 0.259 e. The van der Waals surface area contributed by atoms with Crippen molar-refractivity contribution in [1.29, 1.82) is 0 Å². The first-order chi connectivity index (χ1) is 6.61. The number of nitro groups is 1. The van der Waals surface area contributed by atoms with E-state index in [-0.39, 0.29) is 16.2 Å². The molecule has 8 heteroatoms. The summed E-state index contributed by atoms with van der Waals surface area (Å²) in [5, 5.41) is 10.7. The second-order valence-corrected chi connectivity index (χ2v) is 5.45. The Morgan fingerprint density at radius 2 is 2.43 bits per heavy atom. The summed E-state index contributed by atoms with van der Waals surface area (Å²) in [5.74, 6) is -0.518. The summed E-state index contributed by atoms with van der Waals surface area (Å²) < 4.78 is 0.477. The van der Waals surface area contributed by atoms with Crippen LogP contribution in [-0.4, -0.2) is 21.8 Å². The fourth-order valence-corrected chi connectivity index (χ4v) is 3.61. The van der Waals surface area contributed by atoms with Crippen LogP contribution in [0.3, 0.4) is 0 Å². The minimum atomic E-state index is -0.518. The molecule has 0 saturated carbocycles. The number of hydrogen-bond donors (Lipinski definition) is 0. The van der Waals surface area contributed by atoms with E-state index in [2.05, 4.69) is 25.9 Å². The maximum atomic E-state index is 10.8. The molecule has 2 rings (SSSR count). The first-order valence-corrected chi connectivity index (χ1v) is 5.62. The largest absolute Gasteiger partial charge is 0.279 e. The number of nitrogens with zero attached hydrogens (tertiary/aromatic N) is 3. The number of aliphatic imine (C=N–C) groups is 2. The van der Waals surface area contributed by atoms with Crippen LogP contribution in [-0.2, 0) is 0 Å². The number of halogens is 2. The predicted molar refractivity (Wildman–Crippen MR) is 59.6 cm³/mol. The second-order valence-electron chi connectivity index (χ2n) is 2.62. The van der Waals surface area contributed by atoms with Crippen LogP contribution in [0.15, 0.2) is 19.5 Å². The van der Waals surface area contributed by atoms with Gasteiger partial charge in [0.15, 0.2) is 0 Å². The summed E-state index contributed by atoms with van der Waals surface area (Å²) in [6.45, 7) is 0. The van der Waals surface area contributed by atoms with Gasteiger partial charge in [-0.1, -0.05) is 23.4 Å². The molecular weight excluding hydrogens is 294 g/mol. The Kier molecular flexibility index (Phi) is 2.63. The van der Waals surface area contributed by atoms with E-state index in [9.17, 15) is 10.1 Å². The Balaban J connectivity index is 2.42. The van der Waals surface area contributed by atoms with Gasteiger partial charge in [0.2, 0.25) is 0 Å². The topological polar surface area (TPSA) is 67.9 Å². The Hall–Kier alpha value is -0.400. The van der Waals surface area contributed by atoms with E-state index < -0.39 is 10.8 Å². The SMILES string of the molecule is O=[N+]([O-])C1=C(Br)SC2N=CN=C(Cl)C12. The summed E-state index contributed by atoms with van der Waals surface area (Å²) in [6.07, 6.45) is 1.33. The normalized spacial score (nSPS) is 30.3. The van der Waals surface area contributed by atoms with Crippen LogP contribution >= 0.6 is 39.3 Å². The van der Waals surface area contributed by atoms with Crippen molar-refractivity contribution in [1.82, 2.24) is 0 Å². The zero-order chi connectivity index (χ0) is 10.3. The number of hydrogen-bond acceptors (Lipinski definition) is 5. The highest BCUT2D eigenvalue weighted by Crippen LogP contribution is 2.47. The van der Waals surface area contributed by atoms with E-state index in [1.54, 1.807) is 0 Å². The molecule has 0 N–H and O–H groups in total. The van der Waals surface area contributed by atoms with Gasteiger partial charge in [0.1, 0.15) is 26.6 Å². The van der Waals surface area contributed by atoms with Crippen molar-refractivity contribution in [2.75, 3.05) is 0 Å². The van der Waals surface area contributed by atoms with E-state index in [0.29, 0.717) is 3.81 Å². The minimum absolute atomic E-state index is 0.0469. The van der Waals surface area contributed by atoms with Crippen molar-refractivity contribution < 1.29 is 4.92 Å². The van der Waals surface area contributed by atoms with Gasteiger partial charge in [-0.25, -0.2) is 4.99 Å². The van der Waals surface area contributed by atoms with Crippen molar-refractivity contribution in [3.63, 3.8) is 0 Å². The molecule has 2 atom stereocenters. The van der Waals surface area contributed by atoms with Gasteiger partial charge >= 0.3 is 0 Å². The summed E-state index contributed by atoms with van der Waals surface area (Å²) in [6, 6.07) is 0. The molecule has 2 aliphatic rings. The average Bonchev–Trinajstić information content (AvgIpc) is 2.42. The zero-order valence-corrected chi connectivity index (χ0v) is 9.71. The molecule has 0 amide bonds. The molecular formula is C6H3BrClN3O2S. The summed E-state index contributed by atoms with van der Waals surface area (Å²) in [7, 11) is 0. The fraction of sp³-hybridized carbons (Fsp3) is 0.333. The van der Waals surface area contributed by atoms with Crippen molar-refractivity contribution >= 4 is 50.8 Å². The predicted octanol–water partition coefficient (Wildman–Crippen LogP) is 2.20. The van der Waals surface area contributed by atoms with Gasteiger partial charge in [0, 0.05) is 0 Å². The van der Waals surface area contributed by atoms with E-state index >= 15 is 0 Å². The summed E-state index contributed by atoms with van der Waals surface area (Å²) in [4.78, 5) is 18.1. The van der Waals surface area contributed by atoms with Crippen LogP contribution in [0, 0.1) is 16.0 Å². The molecule has 14 heavy (non-hydrogen) atoms. The molecule has 0 fully saturated rings.